The maximum Gasteiger partial charge on any atom is 0.335 e. The van der Waals surface area contributed by atoms with Crippen LogP contribution in [-0.4, -0.2) is 25.9 Å². The zero-order chi connectivity index (χ0) is 16.4. The number of nitrogens with zero attached hydrogens (tertiary/aromatic N) is 2. The molecular weight excluding hydrogens is 308 g/mol. The van der Waals surface area contributed by atoms with E-state index in [1.54, 1.807) is 23.9 Å². The van der Waals surface area contributed by atoms with E-state index in [1.807, 2.05) is 6.07 Å². The van der Waals surface area contributed by atoms with E-state index in [9.17, 15) is 9.90 Å². The Labute approximate surface area is 140 Å². The first-order valence-electron chi connectivity index (χ1n) is 8.11. The van der Waals surface area contributed by atoms with Gasteiger partial charge in [-0.25, -0.2) is 9.78 Å². The first kappa shape index (κ1) is 16.1. The highest BCUT2D eigenvalue weighted by Gasteiger charge is 2.18. The Morgan fingerprint density at radius 3 is 2.96 bits per heavy atom. The Balaban J connectivity index is 2.01. The van der Waals surface area contributed by atoms with Crippen molar-refractivity contribution in [3.8, 4) is 0 Å². The Bertz CT molecular complexity index is 749. The number of thioether (sulfide) groups is 1. The molecule has 1 atom stereocenters. The van der Waals surface area contributed by atoms with Crippen molar-refractivity contribution in [2.45, 2.75) is 50.1 Å². The van der Waals surface area contributed by atoms with Gasteiger partial charge >= 0.3 is 5.97 Å². The normalized spacial score (nSPS) is 18.0. The third-order valence-corrected chi connectivity index (χ3v) is 5.19. The molecule has 3 rings (SSSR count). The lowest BCUT2D eigenvalue weighted by molar-refractivity contribution is 0.0697. The van der Waals surface area contributed by atoms with Gasteiger partial charge in [0.05, 0.1) is 16.6 Å². The van der Waals surface area contributed by atoms with Gasteiger partial charge in [-0.15, -0.1) is 0 Å². The zero-order valence-corrected chi connectivity index (χ0v) is 14.3. The molecule has 1 aliphatic rings. The lowest BCUT2D eigenvalue weighted by Gasteiger charge is -2.17. The summed E-state index contributed by atoms with van der Waals surface area (Å²) in [6.07, 6.45) is 8.09. The molecule has 0 radical (unpaired) electrons. The number of carboxylic acids is 1. The second kappa shape index (κ2) is 6.79. The van der Waals surface area contributed by atoms with E-state index in [-0.39, 0.29) is 0 Å². The van der Waals surface area contributed by atoms with Crippen molar-refractivity contribution in [2.75, 3.05) is 0 Å². The second-order valence-corrected chi connectivity index (χ2v) is 7.63. The van der Waals surface area contributed by atoms with Crippen molar-refractivity contribution in [1.29, 1.82) is 0 Å². The first-order valence-corrected chi connectivity index (χ1v) is 8.99. The SMILES string of the molecule is CC(C)Cn1c(SC2C=CCCC2)nc2cc(C(=O)O)ccc21. The molecule has 5 heteroatoms. The largest absolute Gasteiger partial charge is 0.478 e. The number of benzene rings is 1. The molecule has 4 nitrogen and oxygen atoms in total. The number of aromatic carboxylic acids is 1. The number of hydrogen-bond acceptors (Lipinski definition) is 3. The van der Waals surface area contributed by atoms with Gasteiger partial charge < -0.3 is 9.67 Å². The highest BCUT2D eigenvalue weighted by atomic mass is 32.2. The van der Waals surface area contributed by atoms with Gasteiger partial charge in [0.1, 0.15) is 0 Å². The lowest BCUT2D eigenvalue weighted by atomic mass is 10.1. The minimum absolute atomic E-state index is 0.292. The molecule has 0 amide bonds. The summed E-state index contributed by atoms with van der Waals surface area (Å²) in [6.45, 7) is 5.26. The van der Waals surface area contributed by atoms with E-state index in [0.29, 0.717) is 16.7 Å². The van der Waals surface area contributed by atoms with Gasteiger partial charge in [0.15, 0.2) is 5.16 Å². The summed E-state index contributed by atoms with van der Waals surface area (Å²) >= 11 is 1.79. The van der Waals surface area contributed by atoms with E-state index >= 15 is 0 Å². The van der Waals surface area contributed by atoms with E-state index in [4.69, 9.17) is 4.98 Å². The molecule has 1 aromatic carbocycles. The molecule has 1 N–H and O–H groups in total. The fraction of sp³-hybridized carbons (Fsp3) is 0.444. The number of carbonyl (C=O) groups is 1. The molecule has 1 heterocycles. The molecule has 23 heavy (non-hydrogen) atoms. The summed E-state index contributed by atoms with van der Waals surface area (Å²) < 4.78 is 2.23. The van der Waals surface area contributed by atoms with Crippen molar-refractivity contribution < 1.29 is 9.90 Å². The molecule has 2 aromatic rings. The van der Waals surface area contributed by atoms with Crippen LogP contribution in [0.1, 0.15) is 43.5 Å². The van der Waals surface area contributed by atoms with Crippen LogP contribution in [0.4, 0.5) is 0 Å². The lowest BCUT2D eigenvalue weighted by Crippen LogP contribution is -2.09. The summed E-state index contributed by atoms with van der Waals surface area (Å²) in [5.41, 5.74) is 2.08. The molecule has 0 bridgehead atoms. The molecule has 1 aromatic heterocycles. The maximum absolute atomic E-state index is 11.2. The fourth-order valence-electron chi connectivity index (χ4n) is 2.89. The van der Waals surface area contributed by atoms with Gasteiger partial charge in [0.2, 0.25) is 0 Å². The highest BCUT2D eigenvalue weighted by Crippen LogP contribution is 2.32. The number of aromatic nitrogens is 2. The van der Waals surface area contributed by atoms with Crippen molar-refractivity contribution in [3.63, 3.8) is 0 Å². The van der Waals surface area contributed by atoms with Gasteiger partial charge in [-0.1, -0.05) is 37.8 Å². The minimum atomic E-state index is -0.908. The summed E-state index contributed by atoms with van der Waals surface area (Å²) in [7, 11) is 0. The Hall–Kier alpha value is -1.75. The Kier molecular flexibility index (Phi) is 4.76. The smallest absolute Gasteiger partial charge is 0.335 e. The van der Waals surface area contributed by atoms with E-state index in [1.165, 1.54) is 19.3 Å². The molecule has 1 aliphatic carbocycles. The predicted molar refractivity (Wildman–Crippen MR) is 94.2 cm³/mol. The van der Waals surface area contributed by atoms with Gasteiger partial charge in [-0.05, 0) is 43.4 Å². The minimum Gasteiger partial charge on any atom is -0.478 e. The van der Waals surface area contributed by atoms with Gasteiger partial charge in [-0.2, -0.15) is 0 Å². The van der Waals surface area contributed by atoms with Crippen LogP contribution in [0.5, 0.6) is 0 Å². The van der Waals surface area contributed by atoms with Crippen LogP contribution in [0.3, 0.4) is 0 Å². The number of rotatable bonds is 5. The van der Waals surface area contributed by atoms with Gasteiger partial charge in [-0.3, -0.25) is 0 Å². The van der Waals surface area contributed by atoms with Crippen molar-refractivity contribution >= 4 is 28.8 Å². The third-order valence-electron chi connectivity index (χ3n) is 3.97. The standard InChI is InChI=1S/C18H22N2O2S/c1-12(2)11-20-16-9-8-13(17(21)22)10-15(16)19-18(20)23-14-6-4-3-5-7-14/h4,6,8-10,12,14H,3,5,7,11H2,1-2H3,(H,21,22). The number of imidazole rings is 1. The van der Waals surface area contributed by atoms with Crippen molar-refractivity contribution in [3.05, 3.63) is 35.9 Å². The molecule has 0 saturated heterocycles. The van der Waals surface area contributed by atoms with E-state index < -0.39 is 5.97 Å². The summed E-state index contributed by atoms with van der Waals surface area (Å²) in [4.78, 5) is 15.9. The van der Waals surface area contributed by atoms with Gasteiger partial charge in [0.25, 0.3) is 0 Å². The number of carboxylic acid groups (broad SMARTS) is 1. The fourth-order valence-corrected chi connectivity index (χ4v) is 4.08. The molecule has 0 aliphatic heterocycles. The molecule has 0 saturated carbocycles. The Morgan fingerprint density at radius 2 is 2.30 bits per heavy atom. The highest BCUT2D eigenvalue weighted by molar-refractivity contribution is 7.99. The monoisotopic (exact) mass is 330 g/mol. The number of allylic oxidation sites excluding steroid dienone is 1. The molecule has 0 spiro atoms. The number of hydrogen-bond donors (Lipinski definition) is 1. The van der Waals surface area contributed by atoms with E-state index in [2.05, 4.69) is 30.6 Å². The summed E-state index contributed by atoms with van der Waals surface area (Å²) in [5, 5.41) is 10.6. The quantitative estimate of drug-likeness (QED) is 0.815. The molecule has 122 valence electrons. The molecule has 0 fully saturated rings. The average molecular weight is 330 g/mol. The van der Waals surface area contributed by atoms with Gasteiger partial charge in [0, 0.05) is 11.8 Å². The van der Waals surface area contributed by atoms with Crippen LogP contribution in [0.2, 0.25) is 0 Å². The van der Waals surface area contributed by atoms with Crippen LogP contribution in [0, 0.1) is 5.92 Å². The van der Waals surface area contributed by atoms with E-state index in [0.717, 1.165) is 22.7 Å². The van der Waals surface area contributed by atoms with Crippen molar-refractivity contribution in [1.82, 2.24) is 9.55 Å². The van der Waals surface area contributed by atoms with Crippen LogP contribution >= 0.6 is 11.8 Å². The average Bonchev–Trinajstić information content (AvgIpc) is 2.84. The third kappa shape index (κ3) is 3.61. The van der Waals surface area contributed by atoms with Crippen LogP contribution in [0.15, 0.2) is 35.5 Å². The topological polar surface area (TPSA) is 55.1 Å². The maximum atomic E-state index is 11.2. The summed E-state index contributed by atoms with van der Waals surface area (Å²) in [5.74, 6) is -0.400. The Morgan fingerprint density at radius 1 is 1.48 bits per heavy atom. The van der Waals surface area contributed by atoms with Crippen LogP contribution in [0.25, 0.3) is 11.0 Å². The van der Waals surface area contributed by atoms with Crippen molar-refractivity contribution in [2.24, 2.45) is 5.92 Å². The second-order valence-electron chi connectivity index (χ2n) is 6.42. The van der Waals surface area contributed by atoms with Crippen LogP contribution < -0.4 is 0 Å². The van der Waals surface area contributed by atoms with Crippen LogP contribution in [-0.2, 0) is 6.54 Å². The number of fused-ring (bicyclic) bond motifs is 1. The molecular formula is C18H22N2O2S. The first-order chi connectivity index (χ1) is 11.0. The predicted octanol–water partition coefficient (Wildman–Crippen LogP) is 4.59. The molecule has 1 unspecified atom stereocenters. The zero-order valence-electron chi connectivity index (χ0n) is 13.5. The summed E-state index contributed by atoms with van der Waals surface area (Å²) in [6, 6.07) is 5.22.